The third-order valence-corrected chi connectivity index (χ3v) is 3.63. The van der Waals surface area contributed by atoms with Crippen molar-refractivity contribution in [2.24, 2.45) is 0 Å². The van der Waals surface area contributed by atoms with Crippen molar-refractivity contribution in [2.45, 2.75) is 12.8 Å². The lowest BCUT2D eigenvalue weighted by atomic mass is 10.1. The van der Waals surface area contributed by atoms with Gasteiger partial charge in [0.15, 0.2) is 11.5 Å². The predicted molar refractivity (Wildman–Crippen MR) is 81.1 cm³/mol. The number of rotatable bonds is 4. The Balaban J connectivity index is 1.72. The average molecular weight is 332 g/mol. The molecule has 0 bridgehead atoms. The maximum Gasteiger partial charge on any atom is 0.156 e. The monoisotopic (exact) mass is 331 g/mol. The van der Waals surface area contributed by atoms with Crippen LogP contribution in [0.15, 0.2) is 47.1 Å². The highest BCUT2D eigenvalue weighted by atomic mass is 79.9. The minimum atomic E-state index is 0.825. The van der Waals surface area contributed by atoms with Crippen LogP contribution in [0.2, 0.25) is 0 Å². The maximum atomic E-state index is 5.15. The van der Waals surface area contributed by atoms with Gasteiger partial charge in [-0.15, -0.1) is 0 Å². The summed E-state index contributed by atoms with van der Waals surface area (Å²) in [7, 11) is 1.67. The summed E-state index contributed by atoms with van der Waals surface area (Å²) in [4.78, 5) is 4.52. The number of halogens is 1. The molecule has 0 saturated carbocycles. The zero-order chi connectivity index (χ0) is 13.9. The Morgan fingerprint density at radius 3 is 2.70 bits per heavy atom. The lowest BCUT2D eigenvalue weighted by molar-refractivity contribution is 0.414. The van der Waals surface area contributed by atoms with Crippen molar-refractivity contribution in [1.82, 2.24) is 14.6 Å². The van der Waals surface area contributed by atoms with Crippen molar-refractivity contribution < 1.29 is 4.74 Å². The van der Waals surface area contributed by atoms with E-state index in [1.807, 2.05) is 30.5 Å². The molecule has 4 nitrogen and oxygen atoms in total. The molecule has 0 saturated heterocycles. The number of aryl methyl sites for hydroxylation is 2. The second-order valence-corrected chi connectivity index (χ2v) is 5.44. The van der Waals surface area contributed by atoms with E-state index in [0.29, 0.717) is 0 Å². The lowest BCUT2D eigenvalue weighted by Crippen LogP contribution is -1.94. The number of hydrogen-bond donors (Lipinski definition) is 0. The summed E-state index contributed by atoms with van der Waals surface area (Å²) in [5.41, 5.74) is 2.12. The summed E-state index contributed by atoms with van der Waals surface area (Å²) in [5.74, 6) is 1.74. The molecule has 0 aliphatic carbocycles. The molecule has 0 N–H and O–H groups in total. The molecule has 3 aromatic rings. The first kappa shape index (κ1) is 13.1. The summed E-state index contributed by atoms with van der Waals surface area (Å²) in [6, 6.07) is 12.0. The van der Waals surface area contributed by atoms with Crippen molar-refractivity contribution in [3.05, 3.63) is 58.5 Å². The van der Waals surface area contributed by atoms with Crippen molar-refractivity contribution in [2.75, 3.05) is 7.11 Å². The van der Waals surface area contributed by atoms with Crippen LogP contribution in [0.3, 0.4) is 0 Å². The molecule has 0 radical (unpaired) electrons. The largest absolute Gasteiger partial charge is 0.497 e. The maximum absolute atomic E-state index is 5.15. The van der Waals surface area contributed by atoms with Crippen LogP contribution in [-0.4, -0.2) is 21.7 Å². The molecule has 2 aromatic heterocycles. The quantitative estimate of drug-likeness (QED) is 0.736. The molecule has 20 heavy (non-hydrogen) atoms. The zero-order valence-electron chi connectivity index (χ0n) is 11.1. The Labute approximate surface area is 125 Å². The summed E-state index contributed by atoms with van der Waals surface area (Å²) < 4.78 is 7.96. The van der Waals surface area contributed by atoms with Crippen LogP contribution in [0.5, 0.6) is 5.75 Å². The molecule has 0 amide bonds. The van der Waals surface area contributed by atoms with Gasteiger partial charge in [-0.1, -0.05) is 28.1 Å². The van der Waals surface area contributed by atoms with E-state index in [4.69, 9.17) is 4.74 Å². The first-order valence-corrected chi connectivity index (χ1v) is 7.17. The third-order valence-electron chi connectivity index (χ3n) is 3.14. The lowest BCUT2D eigenvalue weighted by Gasteiger charge is -2.01. The molecule has 0 spiro atoms. The van der Waals surface area contributed by atoms with E-state index in [1.54, 1.807) is 11.6 Å². The van der Waals surface area contributed by atoms with E-state index in [2.05, 4.69) is 38.1 Å². The molecule has 0 aliphatic heterocycles. The van der Waals surface area contributed by atoms with Crippen LogP contribution in [0, 0.1) is 0 Å². The average Bonchev–Trinajstić information content (AvgIpc) is 2.87. The number of methoxy groups -OCH3 is 1. The summed E-state index contributed by atoms with van der Waals surface area (Å²) in [6.45, 7) is 0. The fraction of sp³-hybridized carbons (Fsp3) is 0.200. The van der Waals surface area contributed by atoms with Gasteiger partial charge in [0.25, 0.3) is 0 Å². The minimum Gasteiger partial charge on any atom is -0.497 e. The molecule has 0 atom stereocenters. The van der Waals surface area contributed by atoms with Crippen molar-refractivity contribution in [3.63, 3.8) is 0 Å². The van der Waals surface area contributed by atoms with Gasteiger partial charge in [0.05, 0.1) is 7.11 Å². The van der Waals surface area contributed by atoms with Gasteiger partial charge in [0, 0.05) is 17.1 Å². The summed E-state index contributed by atoms with van der Waals surface area (Å²) in [6.07, 6.45) is 3.65. The van der Waals surface area contributed by atoms with Gasteiger partial charge < -0.3 is 4.74 Å². The van der Waals surface area contributed by atoms with Gasteiger partial charge in [-0.05, 0) is 36.2 Å². The smallest absolute Gasteiger partial charge is 0.156 e. The first-order valence-electron chi connectivity index (χ1n) is 6.38. The number of benzene rings is 1. The van der Waals surface area contributed by atoms with E-state index in [-0.39, 0.29) is 0 Å². The normalized spacial score (nSPS) is 10.9. The fourth-order valence-electron chi connectivity index (χ4n) is 2.06. The third kappa shape index (κ3) is 2.82. The van der Waals surface area contributed by atoms with E-state index < -0.39 is 0 Å². The van der Waals surface area contributed by atoms with Crippen molar-refractivity contribution in [1.29, 1.82) is 0 Å². The van der Waals surface area contributed by atoms with Crippen LogP contribution < -0.4 is 4.74 Å². The highest BCUT2D eigenvalue weighted by Crippen LogP contribution is 2.14. The fourth-order valence-corrected chi connectivity index (χ4v) is 2.38. The summed E-state index contributed by atoms with van der Waals surface area (Å²) in [5, 5.41) is 4.46. The van der Waals surface area contributed by atoms with Gasteiger partial charge in [0.2, 0.25) is 0 Å². The molecule has 0 aliphatic rings. The molecule has 3 rings (SSSR count). The highest BCUT2D eigenvalue weighted by Gasteiger charge is 2.04. The molecule has 102 valence electrons. The zero-order valence-corrected chi connectivity index (χ0v) is 12.7. The van der Waals surface area contributed by atoms with Gasteiger partial charge in [0.1, 0.15) is 5.75 Å². The summed E-state index contributed by atoms with van der Waals surface area (Å²) >= 11 is 3.44. The number of fused-ring (bicyclic) bond motifs is 1. The van der Waals surface area contributed by atoms with E-state index in [1.165, 1.54) is 5.56 Å². The Morgan fingerprint density at radius 1 is 1.15 bits per heavy atom. The van der Waals surface area contributed by atoms with Gasteiger partial charge in [-0.25, -0.2) is 9.50 Å². The van der Waals surface area contributed by atoms with Gasteiger partial charge >= 0.3 is 0 Å². The second kappa shape index (κ2) is 5.63. The number of hydrogen-bond acceptors (Lipinski definition) is 3. The second-order valence-electron chi connectivity index (χ2n) is 4.52. The molecule has 2 heterocycles. The van der Waals surface area contributed by atoms with E-state index >= 15 is 0 Å². The highest BCUT2D eigenvalue weighted by molar-refractivity contribution is 9.10. The van der Waals surface area contributed by atoms with Gasteiger partial charge in [-0.3, -0.25) is 0 Å². The molecule has 0 fully saturated rings. The van der Waals surface area contributed by atoms with E-state index in [0.717, 1.165) is 34.5 Å². The Hall–Kier alpha value is -1.88. The van der Waals surface area contributed by atoms with Crippen LogP contribution in [0.4, 0.5) is 0 Å². The van der Waals surface area contributed by atoms with Crippen molar-refractivity contribution in [3.8, 4) is 5.75 Å². The molecular weight excluding hydrogens is 318 g/mol. The number of pyridine rings is 1. The van der Waals surface area contributed by atoms with Crippen LogP contribution in [0.25, 0.3) is 5.65 Å². The first-order chi connectivity index (χ1) is 9.74. The topological polar surface area (TPSA) is 39.4 Å². The Kier molecular flexibility index (Phi) is 3.69. The Morgan fingerprint density at radius 2 is 1.95 bits per heavy atom. The minimum absolute atomic E-state index is 0.825. The molecule has 1 aromatic carbocycles. The number of aromatic nitrogens is 3. The van der Waals surface area contributed by atoms with Crippen LogP contribution in [0.1, 0.15) is 11.4 Å². The van der Waals surface area contributed by atoms with Crippen LogP contribution in [-0.2, 0) is 12.8 Å². The van der Waals surface area contributed by atoms with E-state index in [9.17, 15) is 0 Å². The molecule has 0 unspecified atom stereocenters. The molecular formula is C15H14BrN3O. The van der Waals surface area contributed by atoms with Gasteiger partial charge in [-0.2, -0.15) is 5.10 Å². The van der Waals surface area contributed by atoms with Crippen LogP contribution >= 0.6 is 15.9 Å². The van der Waals surface area contributed by atoms with Crippen molar-refractivity contribution >= 4 is 21.6 Å². The predicted octanol–water partition coefficient (Wildman–Crippen LogP) is 3.29. The number of ether oxygens (including phenoxy) is 1. The number of nitrogens with zero attached hydrogens (tertiary/aromatic N) is 3. The standard InChI is InChI=1S/C15H14BrN3O/c1-20-13-5-2-11(3-6-13)4-7-14-17-15-10-12(16)8-9-19(15)18-14/h2-3,5-6,8-10H,4,7H2,1H3. The SMILES string of the molecule is COc1ccc(CCc2nc3cc(Br)ccn3n2)cc1. The molecule has 5 heteroatoms. The Bertz CT molecular complexity index is 722.